The van der Waals surface area contributed by atoms with Gasteiger partial charge >= 0.3 is 0 Å². The SMILES string of the molecule is CCCOCOCCOCCO. The fourth-order valence-corrected chi connectivity index (χ4v) is 0.606. The van der Waals surface area contributed by atoms with Crippen LogP contribution in [0.3, 0.4) is 0 Å². The molecule has 0 spiro atoms. The predicted molar refractivity (Wildman–Crippen MR) is 45.0 cm³/mol. The number of aliphatic hydroxyl groups excluding tert-OH is 1. The van der Waals surface area contributed by atoms with E-state index in [2.05, 4.69) is 0 Å². The predicted octanol–water partition coefficient (Wildman–Crippen LogP) is 0.396. The van der Waals surface area contributed by atoms with Gasteiger partial charge in [-0.25, -0.2) is 0 Å². The Balaban J connectivity index is 2.73. The average molecular weight is 178 g/mol. The van der Waals surface area contributed by atoms with Crippen LogP contribution in [0.4, 0.5) is 0 Å². The summed E-state index contributed by atoms with van der Waals surface area (Å²) in [7, 11) is 0. The Morgan fingerprint density at radius 2 is 1.58 bits per heavy atom. The zero-order valence-corrected chi connectivity index (χ0v) is 7.62. The van der Waals surface area contributed by atoms with Crippen LogP contribution in [-0.2, 0) is 14.2 Å². The summed E-state index contributed by atoms with van der Waals surface area (Å²) < 4.78 is 15.1. The van der Waals surface area contributed by atoms with Gasteiger partial charge in [-0.15, -0.1) is 0 Å². The normalized spacial score (nSPS) is 10.5. The van der Waals surface area contributed by atoms with Crippen molar-refractivity contribution < 1.29 is 19.3 Å². The van der Waals surface area contributed by atoms with Gasteiger partial charge in [-0.3, -0.25) is 0 Å². The third-order valence-corrected chi connectivity index (χ3v) is 1.12. The van der Waals surface area contributed by atoms with E-state index in [9.17, 15) is 0 Å². The Morgan fingerprint density at radius 1 is 0.917 bits per heavy atom. The fourth-order valence-electron chi connectivity index (χ4n) is 0.606. The lowest BCUT2D eigenvalue weighted by Gasteiger charge is -2.04. The summed E-state index contributed by atoms with van der Waals surface area (Å²) in [5.74, 6) is 0. The van der Waals surface area contributed by atoms with E-state index in [0.717, 1.165) is 13.0 Å². The van der Waals surface area contributed by atoms with Gasteiger partial charge in [0.15, 0.2) is 0 Å². The first kappa shape index (κ1) is 11.8. The third-order valence-electron chi connectivity index (χ3n) is 1.12. The van der Waals surface area contributed by atoms with Crippen LogP contribution in [-0.4, -0.2) is 44.9 Å². The van der Waals surface area contributed by atoms with Gasteiger partial charge in [0.25, 0.3) is 0 Å². The van der Waals surface area contributed by atoms with E-state index < -0.39 is 0 Å². The Hall–Kier alpha value is -0.160. The second-order valence-electron chi connectivity index (χ2n) is 2.27. The van der Waals surface area contributed by atoms with E-state index >= 15 is 0 Å². The molecule has 0 aromatic carbocycles. The van der Waals surface area contributed by atoms with Crippen molar-refractivity contribution >= 4 is 0 Å². The van der Waals surface area contributed by atoms with Crippen molar-refractivity contribution in [1.29, 1.82) is 0 Å². The maximum atomic E-state index is 8.35. The van der Waals surface area contributed by atoms with Gasteiger partial charge in [-0.2, -0.15) is 0 Å². The monoisotopic (exact) mass is 178 g/mol. The van der Waals surface area contributed by atoms with Gasteiger partial charge in [-0.05, 0) is 6.42 Å². The summed E-state index contributed by atoms with van der Waals surface area (Å²) in [6.45, 7) is 4.57. The van der Waals surface area contributed by atoms with E-state index in [4.69, 9.17) is 19.3 Å². The minimum Gasteiger partial charge on any atom is -0.394 e. The zero-order chi connectivity index (χ0) is 9.07. The lowest BCUT2D eigenvalue weighted by atomic mass is 10.5. The molecule has 0 aromatic rings. The van der Waals surface area contributed by atoms with Crippen molar-refractivity contribution in [2.24, 2.45) is 0 Å². The standard InChI is InChI=1S/C8H18O4/c1-2-4-11-8-12-7-6-10-5-3-9/h9H,2-8H2,1H3. The Morgan fingerprint density at radius 3 is 2.25 bits per heavy atom. The summed E-state index contributed by atoms with van der Waals surface area (Å²) in [4.78, 5) is 0. The second kappa shape index (κ2) is 10.8. The van der Waals surface area contributed by atoms with Crippen molar-refractivity contribution in [3.63, 3.8) is 0 Å². The number of hydrogen-bond donors (Lipinski definition) is 1. The summed E-state index contributed by atoms with van der Waals surface area (Å²) in [6.07, 6.45) is 1.00. The van der Waals surface area contributed by atoms with Crippen LogP contribution in [0.5, 0.6) is 0 Å². The van der Waals surface area contributed by atoms with Gasteiger partial charge in [0, 0.05) is 6.61 Å². The van der Waals surface area contributed by atoms with Crippen LogP contribution in [0, 0.1) is 0 Å². The summed E-state index contributed by atoms with van der Waals surface area (Å²) >= 11 is 0. The van der Waals surface area contributed by atoms with Gasteiger partial charge in [-0.1, -0.05) is 6.92 Å². The average Bonchev–Trinajstić information content (AvgIpc) is 2.10. The van der Waals surface area contributed by atoms with E-state index in [1.807, 2.05) is 6.92 Å². The molecule has 0 aromatic heterocycles. The quantitative estimate of drug-likeness (QED) is 0.410. The Bertz CT molecular complexity index is 67.5. The minimum absolute atomic E-state index is 0.0618. The zero-order valence-electron chi connectivity index (χ0n) is 7.62. The highest BCUT2D eigenvalue weighted by Crippen LogP contribution is 1.82. The summed E-state index contributed by atoms with van der Waals surface area (Å²) in [6, 6.07) is 0. The molecule has 1 N–H and O–H groups in total. The smallest absolute Gasteiger partial charge is 0.146 e. The van der Waals surface area contributed by atoms with Gasteiger partial charge in [0.05, 0.1) is 26.4 Å². The fraction of sp³-hybridized carbons (Fsp3) is 1.00. The van der Waals surface area contributed by atoms with Crippen molar-refractivity contribution in [2.45, 2.75) is 13.3 Å². The van der Waals surface area contributed by atoms with Gasteiger partial charge < -0.3 is 19.3 Å². The maximum absolute atomic E-state index is 8.35. The van der Waals surface area contributed by atoms with E-state index in [-0.39, 0.29) is 6.61 Å². The highest BCUT2D eigenvalue weighted by Gasteiger charge is 1.88. The highest BCUT2D eigenvalue weighted by atomic mass is 16.7. The molecule has 0 radical (unpaired) electrons. The molecule has 12 heavy (non-hydrogen) atoms. The van der Waals surface area contributed by atoms with Crippen LogP contribution in [0.2, 0.25) is 0 Å². The van der Waals surface area contributed by atoms with Crippen molar-refractivity contribution in [3.05, 3.63) is 0 Å². The lowest BCUT2D eigenvalue weighted by molar-refractivity contribution is -0.0705. The summed E-state index contributed by atoms with van der Waals surface area (Å²) in [5, 5.41) is 8.35. The number of aliphatic hydroxyl groups is 1. The number of hydrogen-bond acceptors (Lipinski definition) is 4. The molecule has 0 rings (SSSR count). The molecule has 0 saturated carbocycles. The topological polar surface area (TPSA) is 47.9 Å². The highest BCUT2D eigenvalue weighted by molar-refractivity contribution is 4.28. The molecule has 0 bridgehead atoms. The minimum atomic E-state index is 0.0618. The van der Waals surface area contributed by atoms with Gasteiger partial charge in [0.2, 0.25) is 0 Å². The summed E-state index contributed by atoms with van der Waals surface area (Å²) in [5.41, 5.74) is 0. The van der Waals surface area contributed by atoms with Crippen LogP contribution >= 0.6 is 0 Å². The largest absolute Gasteiger partial charge is 0.394 e. The molecule has 74 valence electrons. The lowest BCUT2D eigenvalue weighted by Crippen LogP contribution is -2.09. The Kier molecular flexibility index (Phi) is 10.7. The first-order chi connectivity index (χ1) is 5.91. The second-order valence-corrected chi connectivity index (χ2v) is 2.27. The molecule has 0 aliphatic carbocycles. The molecule has 0 unspecified atom stereocenters. The van der Waals surface area contributed by atoms with E-state index in [0.29, 0.717) is 26.6 Å². The van der Waals surface area contributed by atoms with Crippen LogP contribution in [0.25, 0.3) is 0 Å². The molecular formula is C8H18O4. The van der Waals surface area contributed by atoms with Crippen LogP contribution in [0.15, 0.2) is 0 Å². The first-order valence-corrected chi connectivity index (χ1v) is 4.26. The molecule has 0 saturated heterocycles. The maximum Gasteiger partial charge on any atom is 0.146 e. The van der Waals surface area contributed by atoms with Crippen LogP contribution in [0.1, 0.15) is 13.3 Å². The van der Waals surface area contributed by atoms with Crippen molar-refractivity contribution in [3.8, 4) is 0 Å². The van der Waals surface area contributed by atoms with Crippen molar-refractivity contribution in [2.75, 3.05) is 39.8 Å². The molecule has 0 fully saturated rings. The molecule has 4 nitrogen and oxygen atoms in total. The van der Waals surface area contributed by atoms with Crippen molar-refractivity contribution in [1.82, 2.24) is 0 Å². The molecule has 4 heteroatoms. The van der Waals surface area contributed by atoms with Crippen LogP contribution < -0.4 is 0 Å². The number of rotatable bonds is 9. The van der Waals surface area contributed by atoms with E-state index in [1.165, 1.54) is 0 Å². The molecule has 0 aliphatic heterocycles. The molecule has 0 amide bonds. The molecule has 0 heterocycles. The molecule has 0 aliphatic rings. The molecular weight excluding hydrogens is 160 g/mol. The number of ether oxygens (including phenoxy) is 3. The first-order valence-electron chi connectivity index (χ1n) is 4.26. The Labute approximate surface area is 73.4 Å². The van der Waals surface area contributed by atoms with Gasteiger partial charge in [0.1, 0.15) is 6.79 Å². The van der Waals surface area contributed by atoms with E-state index in [1.54, 1.807) is 0 Å². The molecule has 0 atom stereocenters. The third kappa shape index (κ3) is 9.84.